The zero-order valence-electron chi connectivity index (χ0n) is 13.6. The molecule has 124 valence electrons. The molecule has 23 heavy (non-hydrogen) atoms. The first-order valence-corrected chi connectivity index (χ1v) is 9.75. The number of nitrogens with one attached hydrogen (secondary N) is 1. The van der Waals surface area contributed by atoms with Crippen molar-refractivity contribution in [2.45, 2.75) is 50.7 Å². The zero-order chi connectivity index (χ0) is 16.6. The predicted octanol–water partition coefficient (Wildman–Crippen LogP) is 2.49. The molecule has 0 unspecified atom stereocenters. The summed E-state index contributed by atoms with van der Waals surface area (Å²) in [4.78, 5) is 31.3. The Hall–Kier alpha value is -1.34. The lowest BCUT2D eigenvalue weighted by atomic mass is 10.2. The summed E-state index contributed by atoms with van der Waals surface area (Å²) in [6.07, 6.45) is 4.07. The Bertz CT molecular complexity index is 810. The average Bonchev–Trinajstić information content (AvgIpc) is 3.09. The highest BCUT2D eigenvalue weighted by Gasteiger charge is 2.22. The molecular formula is C16H21N3O2S2. The Labute approximate surface area is 143 Å². The highest BCUT2D eigenvalue weighted by molar-refractivity contribution is 7.99. The number of aryl methyl sites for hydroxylation is 2. The smallest absolute Gasteiger partial charge is 0.262 e. The van der Waals surface area contributed by atoms with E-state index < -0.39 is 0 Å². The highest BCUT2D eigenvalue weighted by Crippen LogP contribution is 2.35. The molecule has 7 heteroatoms. The first-order chi connectivity index (χ1) is 11.0. The van der Waals surface area contributed by atoms with E-state index in [9.17, 15) is 9.59 Å². The van der Waals surface area contributed by atoms with Gasteiger partial charge in [-0.2, -0.15) is 0 Å². The molecule has 0 bridgehead atoms. The molecule has 1 aliphatic carbocycles. The van der Waals surface area contributed by atoms with Crippen molar-refractivity contribution < 1.29 is 4.79 Å². The van der Waals surface area contributed by atoms with E-state index in [1.807, 2.05) is 13.8 Å². The number of fused-ring (bicyclic) bond motifs is 3. The molecular weight excluding hydrogens is 330 g/mol. The topological polar surface area (TPSA) is 64.0 Å². The lowest BCUT2D eigenvalue weighted by Gasteiger charge is -2.11. The van der Waals surface area contributed by atoms with E-state index in [1.165, 1.54) is 22.2 Å². The first kappa shape index (κ1) is 16.5. The maximum absolute atomic E-state index is 12.7. The molecule has 1 aliphatic rings. The summed E-state index contributed by atoms with van der Waals surface area (Å²) < 4.78 is 1.58. The second-order valence-corrected chi connectivity index (χ2v) is 7.99. The largest absolute Gasteiger partial charge is 0.353 e. The van der Waals surface area contributed by atoms with Gasteiger partial charge in [-0.25, -0.2) is 4.98 Å². The van der Waals surface area contributed by atoms with Crippen LogP contribution in [0.4, 0.5) is 0 Å². The van der Waals surface area contributed by atoms with E-state index in [0.717, 1.165) is 35.9 Å². The summed E-state index contributed by atoms with van der Waals surface area (Å²) in [5.74, 6) is 0.258. The van der Waals surface area contributed by atoms with Gasteiger partial charge in [0.2, 0.25) is 5.91 Å². The van der Waals surface area contributed by atoms with Crippen LogP contribution in [0.15, 0.2) is 9.95 Å². The predicted molar refractivity (Wildman–Crippen MR) is 95.5 cm³/mol. The summed E-state index contributed by atoms with van der Waals surface area (Å²) >= 11 is 2.96. The molecule has 1 atom stereocenters. The third kappa shape index (κ3) is 3.17. The van der Waals surface area contributed by atoms with Crippen molar-refractivity contribution in [2.24, 2.45) is 7.05 Å². The molecule has 2 aromatic rings. The second kappa shape index (κ2) is 6.65. The number of amides is 1. The van der Waals surface area contributed by atoms with Crippen LogP contribution >= 0.6 is 23.1 Å². The van der Waals surface area contributed by atoms with E-state index in [1.54, 1.807) is 23.0 Å². The standard InChI is InChI=1S/C16H21N3O2S2/c1-4-9(2)17-12(20)8-22-16-18-14-13(15(21)19(16)3)10-6-5-7-11(10)23-14/h9H,4-8H2,1-3H3,(H,17,20)/t9-/m0/s1. The normalized spacial score (nSPS) is 14.9. The van der Waals surface area contributed by atoms with Crippen LogP contribution in [0.25, 0.3) is 10.2 Å². The van der Waals surface area contributed by atoms with Gasteiger partial charge in [-0.15, -0.1) is 11.3 Å². The van der Waals surface area contributed by atoms with Crippen molar-refractivity contribution in [2.75, 3.05) is 5.75 Å². The van der Waals surface area contributed by atoms with Crippen molar-refractivity contribution >= 4 is 39.2 Å². The maximum atomic E-state index is 12.7. The molecule has 0 aliphatic heterocycles. The van der Waals surface area contributed by atoms with Crippen LogP contribution in [-0.2, 0) is 24.7 Å². The van der Waals surface area contributed by atoms with Gasteiger partial charge in [0, 0.05) is 18.0 Å². The quantitative estimate of drug-likeness (QED) is 0.664. The highest BCUT2D eigenvalue weighted by atomic mass is 32.2. The molecule has 3 rings (SSSR count). The first-order valence-electron chi connectivity index (χ1n) is 7.94. The molecule has 0 fully saturated rings. The van der Waals surface area contributed by atoms with E-state index in [2.05, 4.69) is 10.3 Å². The number of rotatable bonds is 5. The van der Waals surface area contributed by atoms with E-state index in [4.69, 9.17) is 0 Å². The fraction of sp³-hybridized carbons (Fsp3) is 0.562. The van der Waals surface area contributed by atoms with Gasteiger partial charge in [0.25, 0.3) is 5.56 Å². The third-order valence-electron chi connectivity index (χ3n) is 4.26. The van der Waals surface area contributed by atoms with Crippen LogP contribution in [-0.4, -0.2) is 27.3 Å². The molecule has 2 aromatic heterocycles. The van der Waals surface area contributed by atoms with Crippen molar-refractivity contribution in [1.29, 1.82) is 0 Å². The summed E-state index contributed by atoms with van der Waals surface area (Å²) in [6.45, 7) is 4.02. The average molecular weight is 351 g/mol. The number of hydrogen-bond donors (Lipinski definition) is 1. The van der Waals surface area contributed by atoms with Crippen LogP contribution in [0.2, 0.25) is 0 Å². The van der Waals surface area contributed by atoms with Crippen LogP contribution in [0.5, 0.6) is 0 Å². The van der Waals surface area contributed by atoms with Gasteiger partial charge in [0.15, 0.2) is 5.16 Å². The SMILES string of the molecule is CC[C@H](C)NC(=O)CSc1nc2sc3c(c2c(=O)n1C)CCC3. The lowest BCUT2D eigenvalue weighted by Crippen LogP contribution is -2.33. The Balaban J connectivity index is 1.84. The van der Waals surface area contributed by atoms with E-state index in [0.29, 0.717) is 5.16 Å². The molecule has 5 nitrogen and oxygen atoms in total. The number of thiophene rings is 1. The second-order valence-electron chi connectivity index (χ2n) is 5.96. The minimum Gasteiger partial charge on any atom is -0.353 e. The van der Waals surface area contributed by atoms with Crippen molar-refractivity contribution in [3.8, 4) is 0 Å². The van der Waals surface area contributed by atoms with Gasteiger partial charge in [0.05, 0.1) is 11.1 Å². The summed E-state index contributed by atoms with van der Waals surface area (Å²) in [6, 6.07) is 0.169. The molecule has 0 saturated heterocycles. The van der Waals surface area contributed by atoms with Crippen LogP contribution in [0.3, 0.4) is 0 Å². The lowest BCUT2D eigenvalue weighted by molar-refractivity contribution is -0.119. The van der Waals surface area contributed by atoms with Crippen LogP contribution in [0.1, 0.15) is 37.1 Å². The van der Waals surface area contributed by atoms with E-state index in [-0.39, 0.29) is 23.3 Å². The number of nitrogens with zero attached hydrogens (tertiary/aromatic N) is 2. The van der Waals surface area contributed by atoms with Crippen LogP contribution in [0, 0.1) is 0 Å². The maximum Gasteiger partial charge on any atom is 0.262 e. The van der Waals surface area contributed by atoms with E-state index >= 15 is 0 Å². The third-order valence-corrected chi connectivity index (χ3v) is 6.47. The monoisotopic (exact) mass is 351 g/mol. The van der Waals surface area contributed by atoms with Crippen molar-refractivity contribution in [3.05, 3.63) is 20.8 Å². The van der Waals surface area contributed by atoms with Gasteiger partial charge in [-0.05, 0) is 38.2 Å². The molecule has 0 radical (unpaired) electrons. The zero-order valence-corrected chi connectivity index (χ0v) is 15.3. The van der Waals surface area contributed by atoms with Crippen molar-refractivity contribution in [1.82, 2.24) is 14.9 Å². The van der Waals surface area contributed by atoms with Gasteiger partial charge in [-0.3, -0.25) is 14.2 Å². The van der Waals surface area contributed by atoms with Crippen molar-refractivity contribution in [3.63, 3.8) is 0 Å². The summed E-state index contributed by atoms with van der Waals surface area (Å²) in [5.41, 5.74) is 1.21. The molecule has 1 amide bonds. The number of hydrogen-bond acceptors (Lipinski definition) is 5. The van der Waals surface area contributed by atoms with Gasteiger partial charge in [-0.1, -0.05) is 18.7 Å². The van der Waals surface area contributed by atoms with Gasteiger partial charge < -0.3 is 5.32 Å². The Morgan fingerprint density at radius 1 is 1.48 bits per heavy atom. The van der Waals surface area contributed by atoms with Gasteiger partial charge >= 0.3 is 0 Å². The molecule has 1 N–H and O–H groups in total. The molecule has 0 spiro atoms. The number of carbonyl (C=O) groups is 1. The fourth-order valence-corrected chi connectivity index (χ4v) is 4.87. The molecule has 0 saturated carbocycles. The van der Waals surface area contributed by atoms with Gasteiger partial charge in [0.1, 0.15) is 4.83 Å². The summed E-state index contributed by atoms with van der Waals surface area (Å²) in [5, 5.41) is 4.33. The Morgan fingerprint density at radius 3 is 3.00 bits per heavy atom. The molecule has 2 heterocycles. The minimum atomic E-state index is -0.0210. The number of thioether (sulfide) groups is 1. The number of carbonyl (C=O) groups excluding carboxylic acids is 1. The minimum absolute atomic E-state index is 0.0132. The summed E-state index contributed by atoms with van der Waals surface area (Å²) in [7, 11) is 1.74. The van der Waals surface area contributed by atoms with Crippen LogP contribution < -0.4 is 10.9 Å². The fourth-order valence-electron chi connectivity index (χ4n) is 2.78. The Kier molecular flexibility index (Phi) is 4.77. The molecule has 0 aromatic carbocycles. The Morgan fingerprint density at radius 2 is 2.26 bits per heavy atom. The number of aromatic nitrogens is 2.